The Morgan fingerprint density at radius 3 is 2.78 bits per heavy atom. The second kappa shape index (κ2) is 4.70. The zero-order valence-electron chi connectivity index (χ0n) is 10.1. The van der Waals surface area contributed by atoms with Crippen LogP contribution in [0, 0.1) is 6.92 Å². The molecule has 94 valence electrons. The van der Waals surface area contributed by atoms with Crippen LogP contribution in [0.5, 0.6) is 0 Å². The molecular formula is C12H13ClN4O. The van der Waals surface area contributed by atoms with E-state index in [9.17, 15) is 4.79 Å². The third-order valence-electron chi connectivity index (χ3n) is 2.63. The summed E-state index contributed by atoms with van der Waals surface area (Å²) in [6, 6.07) is 5.13. The highest BCUT2D eigenvalue weighted by Gasteiger charge is 2.12. The highest BCUT2D eigenvalue weighted by molar-refractivity contribution is 6.31. The van der Waals surface area contributed by atoms with Gasteiger partial charge in [-0.2, -0.15) is 5.10 Å². The molecule has 0 saturated heterocycles. The van der Waals surface area contributed by atoms with E-state index in [1.807, 2.05) is 6.92 Å². The largest absolute Gasteiger partial charge is 0.394 e. The standard InChI is InChI=1S/C12H13ClN4O/c1-7-3-4-8(5-9(7)13)12(18)16-11-10(14)6-15-17(11)2/h3-6H,14H2,1-2H3,(H,16,18). The number of aromatic nitrogens is 2. The maximum Gasteiger partial charge on any atom is 0.256 e. The van der Waals surface area contributed by atoms with Crippen molar-refractivity contribution < 1.29 is 4.79 Å². The summed E-state index contributed by atoms with van der Waals surface area (Å²) in [6.07, 6.45) is 1.48. The first-order chi connectivity index (χ1) is 8.49. The number of carbonyl (C=O) groups is 1. The SMILES string of the molecule is Cc1ccc(C(=O)Nc2c(N)cnn2C)cc1Cl. The molecule has 3 N–H and O–H groups in total. The van der Waals surface area contributed by atoms with Gasteiger partial charge in [-0.05, 0) is 24.6 Å². The van der Waals surface area contributed by atoms with Gasteiger partial charge in [-0.15, -0.1) is 0 Å². The summed E-state index contributed by atoms with van der Waals surface area (Å²) in [5, 5.41) is 7.20. The van der Waals surface area contributed by atoms with Gasteiger partial charge in [-0.25, -0.2) is 0 Å². The molecule has 0 fully saturated rings. The van der Waals surface area contributed by atoms with Gasteiger partial charge in [0.2, 0.25) is 0 Å². The molecule has 0 atom stereocenters. The van der Waals surface area contributed by atoms with E-state index >= 15 is 0 Å². The lowest BCUT2D eigenvalue weighted by atomic mass is 10.1. The van der Waals surface area contributed by atoms with Crippen molar-refractivity contribution >= 4 is 29.0 Å². The maximum absolute atomic E-state index is 12.0. The maximum atomic E-state index is 12.0. The predicted octanol–water partition coefficient (Wildman–Crippen LogP) is 2.22. The van der Waals surface area contributed by atoms with Crippen LogP contribution in [0.2, 0.25) is 5.02 Å². The lowest BCUT2D eigenvalue weighted by molar-refractivity contribution is 0.102. The molecule has 0 unspecified atom stereocenters. The monoisotopic (exact) mass is 264 g/mol. The molecule has 1 heterocycles. The van der Waals surface area contributed by atoms with Crippen LogP contribution in [0.25, 0.3) is 0 Å². The van der Waals surface area contributed by atoms with E-state index in [0.717, 1.165) is 5.56 Å². The highest BCUT2D eigenvalue weighted by atomic mass is 35.5. The van der Waals surface area contributed by atoms with Crippen molar-refractivity contribution in [1.29, 1.82) is 0 Å². The van der Waals surface area contributed by atoms with Crippen LogP contribution in [-0.2, 0) is 7.05 Å². The van der Waals surface area contributed by atoms with Crippen LogP contribution in [0.1, 0.15) is 15.9 Å². The van der Waals surface area contributed by atoms with Gasteiger partial charge in [-0.1, -0.05) is 17.7 Å². The quantitative estimate of drug-likeness (QED) is 0.873. The highest BCUT2D eigenvalue weighted by Crippen LogP contribution is 2.20. The lowest BCUT2D eigenvalue weighted by Crippen LogP contribution is -2.15. The summed E-state index contributed by atoms with van der Waals surface area (Å²) in [5.41, 5.74) is 7.52. The molecule has 18 heavy (non-hydrogen) atoms. The van der Waals surface area contributed by atoms with E-state index in [-0.39, 0.29) is 5.91 Å². The van der Waals surface area contributed by atoms with Crippen LogP contribution in [0.4, 0.5) is 11.5 Å². The van der Waals surface area contributed by atoms with Crippen molar-refractivity contribution in [2.45, 2.75) is 6.92 Å². The number of nitrogens with two attached hydrogens (primary N) is 1. The molecule has 2 aromatic rings. The number of rotatable bonds is 2. The minimum absolute atomic E-state index is 0.271. The van der Waals surface area contributed by atoms with Crippen molar-refractivity contribution in [3.63, 3.8) is 0 Å². The Hall–Kier alpha value is -2.01. The number of aryl methyl sites for hydroxylation is 2. The zero-order valence-corrected chi connectivity index (χ0v) is 10.8. The molecule has 5 nitrogen and oxygen atoms in total. The molecule has 0 aliphatic heterocycles. The fourth-order valence-corrected chi connectivity index (χ4v) is 1.70. The van der Waals surface area contributed by atoms with Gasteiger partial charge >= 0.3 is 0 Å². The van der Waals surface area contributed by atoms with E-state index in [4.69, 9.17) is 17.3 Å². The van der Waals surface area contributed by atoms with E-state index < -0.39 is 0 Å². The number of benzene rings is 1. The smallest absolute Gasteiger partial charge is 0.256 e. The summed E-state index contributed by atoms with van der Waals surface area (Å²) in [5.74, 6) is 0.198. The molecule has 1 aromatic heterocycles. The van der Waals surface area contributed by atoms with Crippen LogP contribution in [0.3, 0.4) is 0 Å². The number of halogens is 1. The number of hydrogen-bond acceptors (Lipinski definition) is 3. The number of nitrogens with zero attached hydrogens (tertiary/aromatic N) is 2. The van der Waals surface area contributed by atoms with Gasteiger partial charge in [0, 0.05) is 17.6 Å². The number of hydrogen-bond donors (Lipinski definition) is 2. The normalized spacial score (nSPS) is 10.4. The fourth-order valence-electron chi connectivity index (χ4n) is 1.52. The summed E-state index contributed by atoms with van der Waals surface area (Å²) >= 11 is 5.98. The average Bonchev–Trinajstić information content (AvgIpc) is 2.64. The first kappa shape index (κ1) is 12.4. The second-order valence-corrected chi connectivity index (χ2v) is 4.40. The van der Waals surface area contributed by atoms with Crippen molar-refractivity contribution in [2.75, 3.05) is 11.1 Å². The number of nitrogens with one attached hydrogen (secondary N) is 1. The third-order valence-corrected chi connectivity index (χ3v) is 3.04. The van der Waals surface area contributed by atoms with Gasteiger partial charge in [0.05, 0.1) is 11.9 Å². The van der Waals surface area contributed by atoms with Crippen LogP contribution >= 0.6 is 11.6 Å². The fraction of sp³-hybridized carbons (Fsp3) is 0.167. The van der Waals surface area contributed by atoms with Crippen LogP contribution < -0.4 is 11.1 Å². The predicted molar refractivity (Wildman–Crippen MR) is 71.8 cm³/mol. The Morgan fingerprint density at radius 2 is 2.22 bits per heavy atom. The molecule has 0 radical (unpaired) electrons. The van der Waals surface area contributed by atoms with Gasteiger partial charge in [0.15, 0.2) is 5.82 Å². The Morgan fingerprint density at radius 1 is 1.50 bits per heavy atom. The minimum atomic E-state index is -0.271. The Balaban J connectivity index is 2.25. The average molecular weight is 265 g/mol. The third kappa shape index (κ3) is 2.31. The van der Waals surface area contributed by atoms with Gasteiger partial charge in [0.1, 0.15) is 0 Å². The first-order valence-electron chi connectivity index (χ1n) is 5.34. The van der Waals surface area contributed by atoms with E-state index in [1.54, 1.807) is 25.2 Å². The zero-order chi connectivity index (χ0) is 13.3. The van der Waals surface area contributed by atoms with Crippen molar-refractivity contribution in [3.8, 4) is 0 Å². The van der Waals surface area contributed by atoms with Gasteiger partial charge in [0.25, 0.3) is 5.91 Å². The molecule has 6 heteroatoms. The molecule has 0 spiro atoms. The number of carbonyl (C=O) groups excluding carboxylic acids is 1. The van der Waals surface area contributed by atoms with Crippen molar-refractivity contribution in [3.05, 3.63) is 40.5 Å². The molecule has 2 rings (SSSR count). The van der Waals surface area contributed by atoms with Crippen LogP contribution in [0.15, 0.2) is 24.4 Å². The van der Waals surface area contributed by atoms with Crippen molar-refractivity contribution in [1.82, 2.24) is 9.78 Å². The Bertz CT molecular complexity index is 587. The molecule has 1 amide bonds. The molecule has 1 aromatic carbocycles. The summed E-state index contributed by atoms with van der Waals surface area (Å²) in [4.78, 5) is 12.0. The Kier molecular flexibility index (Phi) is 3.25. The number of anilines is 2. The molecule has 0 saturated carbocycles. The summed E-state index contributed by atoms with van der Waals surface area (Å²) in [6.45, 7) is 1.88. The lowest BCUT2D eigenvalue weighted by Gasteiger charge is -2.07. The second-order valence-electron chi connectivity index (χ2n) is 3.99. The first-order valence-corrected chi connectivity index (χ1v) is 5.72. The topological polar surface area (TPSA) is 72.9 Å². The summed E-state index contributed by atoms with van der Waals surface area (Å²) < 4.78 is 1.50. The molecular weight excluding hydrogens is 252 g/mol. The van der Waals surface area contributed by atoms with E-state index in [0.29, 0.717) is 22.1 Å². The van der Waals surface area contributed by atoms with Gasteiger partial charge < -0.3 is 11.1 Å². The summed E-state index contributed by atoms with van der Waals surface area (Å²) in [7, 11) is 1.70. The van der Waals surface area contributed by atoms with Crippen molar-refractivity contribution in [2.24, 2.45) is 7.05 Å². The minimum Gasteiger partial charge on any atom is -0.394 e. The molecule has 0 aliphatic carbocycles. The molecule has 0 aliphatic rings. The Labute approximate surface area is 110 Å². The number of amides is 1. The van der Waals surface area contributed by atoms with Crippen LogP contribution in [-0.4, -0.2) is 15.7 Å². The van der Waals surface area contributed by atoms with E-state index in [2.05, 4.69) is 10.4 Å². The molecule has 0 bridgehead atoms. The van der Waals surface area contributed by atoms with Gasteiger partial charge in [-0.3, -0.25) is 9.48 Å². The van der Waals surface area contributed by atoms with E-state index in [1.165, 1.54) is 10.9 Å². The number of nitrogen functional groups attached to an aromatic ring is 1.